The molecule has 1 rings (SSSR count). The number of nitrogens with two attached hydrogens (primary N) is 1. The summed E-state index contributed by atoms with van der Waals surface area (Å²) in [4.78, 5) is 11.5. The lowest BCUT2D eigenvalue weighted by molar-refractivity contribution is -0.156. The number of carbonyl (C=O) groups is 1. The third kappa shape index (κ3) is 4.09. The first-order valence-corrected chi connectivity index (χ1v) is 5.34. The molecule has 1 unspecified atom stereocenters. The number of carbonyl (C=O) groups excluding carboxylic acids is 1. The molecular formula is C11H21NO2. The van der Waals surface area contributed by atoms with Gasteiger partial charge in [0.15, 0.2) is 0 Å². The summed E-state index contributed by atoms with van der Waals surface area (Å²) in [6.07, 6.45) is 2.94. The summed E-state index contributed by atoms with van der Waals surface area (Å²) in [7, 11) is 0. The highest BCUT2D eigenvalue weighted by Gasteiger charge is 2.32. The van der Waals surface area contributed by atoms with E-state index in [1.165, 1.54) is 12.8 Å². The van der Waals surface area contributed by atoms with Crippen LogP contribution in [-0.4, -0.2) is 18.1 Å². The second-order valence-electron chi connectivity index (χ2n) is 5.12. The molecule has 1 aliphatic rings. The molecule has 0 aliphatic heterocycles. The first-order chi connectivity index (χ1) is 6.42. The summed E-state index contributed by atoms with van der Waals surface area (Å²) < 4.78 is 5.25. The fraction of sp³-hybridized carbons (Fsp3) is 0.909. The van der Waals surface area contributed by atoms with Crippen LogP contribution < -0.4 is 5.73 Å². The Morgan fingerprint density at radius 3 is 2.43 bits per heavy atom. The standard InChI is InChI=1S/C11H21NO2/c1-11(2,3)14-10(13)6-9(7-12)8-4-5-8/h8-9H,4-7,12H2,1-3H3. The Kier molecular flexibility index (Phi) is 3.53. The highest BCUT2D eigenvalue weighted by Crippen LogP contribution is 2.38. The van der Waals surface area contributed by atoms with Gasteiger partial charge in [0, 0.05) is 6.42 Å². The van der Waals surface area contributed by atoms with Crippen molar-refractivity contribution in [3.8, 4) is 0 Å². The number of hydrogen-bond donors (Lipinski definition) is 1. The van der Waals surface area contributed by atoms with E-state index in [1.54, 1.807) is 0 Å². The van der Waals surface area contributed by atoms with Gasteiger partial charge >= 0.3 is 5.97 Å². The molecule has 2 N–H and O–H groups in total. The summed E-state index contributed by atoms with van der Waals surface area (Å²) in [6.45, 7) is 6.27. The molecule has 14 heavy (non-hydrogen) atoms. The van der Waals surface area contributed by atoms with Crippen molar-refractivity contribution in [1.82, 2.24) is 0 Å². The monoisotopic (exact) mass is 199 g/mol. The first-order valence-electron chi connectivity index (χ1n) is 5.34. The highest BCUT2D eigenvalue weighted by atomic mass is 16.6. The number of rotatable bonds is 4. The second-order valence-corrected chi connectivity index (χ2v) is 5.12. The van der Waals surface area contributed by atoms with Gasteiger partial charge in [0.25, 0.3) is 0 Å². The third-order valence-electron chi connectivity index (χ3n) is 2.44. The largest absolute Gasteiger partial charge is 0.460 e. The van der Waals surface area contributed by atoms with Gasteiger partial charge in [-0.3, -0.25) is 4.79 Å². The van der Waals surface area contributed by atoms with Crippen molar-refractivity contribution >= 4 is 5.97 Å². The molecule has 0 aromatic rings. The molecule has 1 fully saturated rings. The summed E-state index contributed by atoms with van der Waals surface area (Å²) in [5, 5.41) is 0. The predicted molar refractivity (Wildman–Crippen MR) is 55.7 cm³/mol. The normalized spacial score (nSPS) is 19.1. The van der Waals surface area contributed by atoms with Crippen molar-refractivity contribution in [3.05, 3.63) is 0 Å². The van der Waals surface area contributed by atoms with E-state index in [4.69, 9.17) is 10.5 Å². The molecule has 1 aliphatic carbocycles. The zero-order chi connectivity index (χ0) is 10.8. The minimum atomic E-state index is -0.375. The minimum Gasteiger partial charge on any atom is -0.460 e. The van der Waals surface area contributed by atoms with Crippen LogP contribution in [0.15, 0.2) is 0 Å². The van der Waals surface area contributed by atoms with Crippen LogP contribution in [0, 0.1) is 11.8 Å². The molecule has 1 saturated carbocycles. The van der Waals surface area contributed by atoms with Gasteiger partial charge in [-0.15, -0.1) is 0 Å². The average Bonchev–Trinajstić information content (AvgIpc) is 2.78. The van der Waals surface area contributed by atoms with Crippen LogP contribution in [0.5, 0.6) is 0 Å². The van der Waals surface area contributed by atoms with Gasteiger partial charge in [-0.1, -0.05) is 0 Å². The fourth-order valence-corrected chi connectivity index (χ4v) is 1.61. The van der Waals surface area contributed by atoms with Gasteiger partial charge in [-0.05, 0) is 52.0 Å². The van der Waals surface area contributed by atoms with Crippen molar-refractivity contribution in [2.75, 3.05) is 6.54 Å². The molecule has 0 radical (unpaired) electrons. The fourth-order valence-electron chi connectivity index (χ4n) is 1.61. The van der Waals surface area contributed by atoms with E-state index in [0.29, 0.717) is 24.8 Å². The van der Waals surface area contributed by atoms with E-state index >= 15 is 0 Å². The Bertz CT molecular complexity index is 204. The third-order valence-corrected chi connectivity index (χ3v) is 2.44. The molecule has 1 atom stereocenters. The Morgan fingerprint density at radius 2 is 2.07 bits per heavy atom. The van der Waals surface area contributed by atoms with Crippen LogP contribution in [0.1, 0.15) is 40.0 Å². The van der Waals surface area contributed by atoms with E-state index < -0.39 is 0 Å². The van der Waals surface area contributed by atoms with Crippen LogP contribution in [0.4, 0.5) is 0 Å². The number of ether oxygens (including phenoxy) is 1. The van der Waals surface area contributed by atoms with Gasteiger partial charge in [-0.2, -0.15) is 0 Å². The van der Waals surface area contributed by atoms with Gasteiger partial charge < -0.3 is 10.5 Å². The van der Waals surface area contributed by atoms with Crippen molar-refractivity contribution in [3.63, 3.8) is 0 Å². The van der Waals surface area contributed by atoms with E-state index in [9.17, 15) is 4.79 Å². The van der Waals surface area contributed by atoms with E-state index in [1.807, 2.05) is 20.8 Å². The highest BCUT2D eigenvalue weighted by molar-refractivity contribution is 5.70. The summed E-state index contributed by atoms with van der Waals surface area (Å²) >= 11 is 0. The maximum Gasteiger partial charge on any atom is 0.306 e. The van der Waals surface area contributed by atoms with Crippen LogP contribution in [0.2, 0.25) is 0 Å². The zero-order valence-electron chi connectivity index (χ0n) is 9.38. The lowest BCUT2D eigenvalue weighted by atomic mass is 10.00. The molecule has 3 nitrogen and oxygen atoms in total. The Labute approximate surface area is 86.0 Å². The maximum atomic E-state index is 11.5. The topological polar surface area (TPSA) is 52.3 Å². The molecule has 0 saturated heterocycles. The van der Waals surface area contributed by atoms with Gasteiger partial charge in [-0.25, -0.2) is 0 Å². The van der Waals surface area contributed by atoms with Gasteiger partial charge in [0.2, 0.25) is 0 Å². The number of esters is 1. The SMILES string of the molecule is CC(C)(C)OC(=O)CC(CN)C1CC1. The number of hydrogen-bond acceptors (Lipinski definition) is 3. The van der Waals surface area contributed by atoms with Crippen LogP contribution in [-0.2, 0) is 9.53 Å². The van der Waals surface area contributed by atoms with Crippen molar-refractivity contribution in [2.45, 2.75) is 45.6 Å². The van der Waals surface area contributed by atoms with Gasteiger partial charge in [0.1, 0.15) is 5.60 Å². The maximum absolute atomic E-state index is 11.5. The molecule has 0 aromatic heterocycles. The van der Waals surface area contributed by atoms with Crippen LogP contribution >= 0.6 is 0 Å². The quantitative estimate of drug-likeness (QED) is 0.701. The lowest BCUT2D eigenvalue weighted by Gasteiger charge is -2.21. The molecular weight excluding hydrogens is 178 g/mol. The Balaban J connectivity index is 2.31. The first kappa shape index (κ1) is 11.5. The molecule has 0 amide bonds. The van der Waals surface area contributed by atoms with Crippen LogP contribution in [0.3, 0.4) is 0 Å². The predicted octanol–water partition coefficient (Wildman–Crippen LogP) is 1.70. The Hall–Kier alpha value is -0.570. The second kappa shape index (κ2) is 4.30. The van der Waals surface area contributed by atoms with Crippen molar-refractivity contribution < 1.29 is 9.53 Å². The minimum absolute atomic E-state index is 0.111. The average molecular weight is 199 g/mol. The Morgan fingerprint density at radius 1 is 1.50 bits per heavy atom. The summed E-state index contributed by atoms with van der Waals surface area (Å²) in [6, 6.07) is 0. The smallest absolute Gasteiger partial charge is 0.306 e. The summed E-state index contributed by atoms with van der Waals surface area (Å²) in [5.74, 6) is 0.900. The van der Waals surface area contributed by atoms with Crippen molar-refractivity contribution in [1.29, 1.82) is 0 Å². The van der Waals surface area contributed by atoms with Crippen LogP contribution in [0.25, 0.3) is 0 Å². The molecule has 3 heteroatoms. The molecule has 0 aromatic carbocycles. The van der Waals surface area contributed by atoms with Crippen molar-refractivity contribution in [2.24, 2.45) is 17.6 Å². The molecule has 0 spiro atoms. The van der Waals surface area contributed by atoms with E-state index in [-0.39, 0.29) is 11.6 Å². The lowest BCUT2D eigenvalue weighted by Crippen LogP contribution is -2.27. The molecule has 82 valence electrons. The van der Waals surface area contributed by atoms with E-state index in [2.05, 4.69) is 0 Å². The van der Waals surface area contributed by atoms with E-state index in [0.717, 1.165) is 0 Å². The summed E-state index contributed by atoms with van der Waals surface area (Å²) in [5.41, 5.74) is 5.24. The molecule has 0 bridgehead atoms. The zero-order valence-corrected chi connectivity index (χ0v) is 9.38. The van der Waals surface area contributed by atoms with Gasteiger partial charge in [0.05, 0.1) is 0 Å². The molecule has 0 heterocycles.